The van der Waals surface area contributed by atoms with Crippen molar-refractivity contribution in [1.82, 2.24) is 10.6 Å². The molecule has 0 fully saturated rings. The second kappa shape index (κ2) is 7.09. The summed E-state index contributed by atoms with van der Waals surface area (Å²) in [5.41, 5.74) is 1.14. The lowest BCUT2D eigenvalue weighted by Gasteiger charge is -2.08. The maximum Gasteiger partial charge on any atom is 0.413 e. The van der Waals surface area contributed by atoms with Gasteiger partial charge in [-0.1, -0.05) is 23.7 Å². The van der Waals surface area contributed by atoms with Crippen molar-refractivity contribution in [3.05, 3.63) is 34.9 Å². The molecule has 0 atom stereocenters. The van der Waals surface area contributed by atoms with Gasteiger partial charge in [0.25, 0.3) is 0 Å². The lowest BCUT2D eigenvalue weighted by atomic mass is 10.1. The Morgan fingerprint density at radius 1 is 1.41 bits per heavy atom. The Morgan fingerprint density at radius 2 is 2.06 bits per heavy atom. The molecule has 0 bridgehead atoms. The standard InChI is InChI=1S/C11H13ClN2O2S/c1-16-11(15)14-10(17)13-7-6-8-2-4-9(12)5-3-8/h2-5H,6-7H2,1H3,(H2,13,14,15,17). The van der Waals surface area contributed by atoms with Crippen LogP contribution in [0.5, 0.6) is 0 Å². The largest absolute Gasteiger partial charge is 0.453 e. The monoisotopic (exact) mass is 272 g/mol. The first-order valence-corrected chi connectivity index (χ1v) is 5.77. The van der Waals surface area contributed by atoms with Gasteiger partial charge in [0.2, 0.25) is 0 Å². The van der Waals surface area contributed by atoms with E-state index < -0.39 is 6.09 Å². The summed E-state index contributed by atoms with van der Waals surface area (Å²) in [5, 5.41) is 6.23. The number of carbonyl (C=O) groups excluding carboxylic acids is 1. The lowest BCUT2D eigenvalue weighted by Crippen LogP contribution is -2.39. The van der Waals surface area contributed by atoms with Crippen molar-refractivity contribution >= 4 is 35.0 Å². The van der Waals surface area contributed by atoms with Gasteiger partial charge in [-0.05, 0) is 36.3 Å². The van der Waals surface area contributed by atoms with Gasteiger partial charge in [-0.3, -0.25) is 5.32 Å². The summed E-state index contributed by atoms with van der Waals surface area (Å²) < 4.78 is 4.41. The van der Waals surface area contributed by atoms with Crippen LogP contribution in [0.25, 0.3) is 0 Å². The molecule has 4 nitrogen and oxygen atoms in total. The molecule has 1 aromatic carbocycles. The number of nitrogens with one attached hydrogen (secondary N) is 2. The van der Waals surface area contributed by atoms with Crippen LogP contribution in [-0.2, 0) is 11.2 Å². The summed E-state index contributed by atoms with van der Waals surface area (Å²) in [6, 6.07) is 7.56. The summed E-state index contributed by atoms with van der Waals surface area (Å²) in [5.74, 6) is 0. The minimum Gasteiger partial charge on any atom is -0.453 e. The molecule has 0 radical (unpaired) electrons. The highest BCUT2D eigenvalue weighted by molar-refractivity contribution is 7.80. The molecule has 0 aliphatic rings. The topological polar surface area (TPSA) is 50.4 Å². The van der Waals surface area contributed by atoms with Crippen LogP contribution in [0.4, 0.5) is 4.79 Å². The fourth-order valence-corrected chi connectivity index (χ4v) is 1.47. The molecule has 2 N–H and O–H groups in total. The van der Waals surface area contributed by atoms with Crippen LogP contribution >= 0.6 is 23.8 Å². The van der Waals surface area contributed by atoms with Gasteiger partial charge in [-0.25, -0.2) is 4.79 Å². The van der Waals surface area contributed by atoms with Crippen molar-refractivity contribution in [2.45, 2.75) is 6.42 Å². The Hall–Kier alpha value is -1.33. The number of halogens is 1. The van der Waals surface area contributed by atoms with Gasteiger partial charge in [-0.15, -0.1) is 0 Å². The minimum atomic E-state index is -0.575. The Bertz CT molecular complexity index is 395. The SMILES string of the molecule is COC(=O)NC(=S)NCCc1ccc(Cl)cc1. The number of alkyl carbamates (subject to hydrolysis) is 1. The summed E-state index contributed by atoms with van der Waals surface area (Å²) >= 11 is 10.7. The molecular formula is C11H13ClN2O2S. The molecular weight excluding hydrogens is 260 g/mol. The lowest BCUT2D eigenvalue weighted by molar-refractivity contribution is 0.176. The zero-order chi connectivity index (χ0) is 12.7. The first-order valence-electron chi connectivity index (χ1n) is 4.99. The van der Waals surface area contributed by atoms with Gasteiger partial charge < -0.3 is 10.1 Å². The smallest absolute Gasteiger partial charge is 0.413 e. The van der Waals surface area contributed by atoms with Crippen molar-refractivity contribution in [3.63, 3.8) is 0 Å². The van der Waals surface area contributed by atoms with Gasteiger partial charge in [-0.2, -0.15) is 0 Å². The second-order valence-corrected chi connectivity index (χ2v) is 4.09. The molecule has 1 aromatic rings. The highest BCUT2D eigenvalue weighted by Gasteiger charge is 2.02. The van der Waals surface area contributed by atoms with Crippen LogP contribution in [0.2, 0.25) is 5.02 Å². The van der Waals surface area contributed by atoms with E-state index >= 15 is 0 Å². The van der Waals surface area contributed by atoms with Crippen molar-refractivity contribution in [1.29, 1.82) is 0 Å². The molecule has 1 amide bonds. The first kappa shape index (κ1) is 13.7. The molecule has 0 aliphatic heterocycles. The molecule has 6 heteroatoms. The quantitative estimate of drug-likeness (QED) is 0.828. The Morgan fingerprint density at radius 3 is 2.65 bits per heavy atom. The fraction of sp³-hybridized carbons (Fsp3) is 0.273. The van der Waals surface area contributed by atoms with Gasteiger partial charge in [0.1, 0.15) is 0 Å². The molecule has 0 aliphatic carbocycles. The van der Waals surface area contributed by atoms with E-state index in [0.717, 1.165) is 12.0 Å². The van der Waals surface area contributed by atoms with Crippen LogP contribution in [-0.4, -0.2) is 24.9 Å². The van der Waals surface area contributed by atoms with Gasteiger partial charge >= 0.3 is 6.09 Å². The number of hydrogen-bond donors (Lipinski definition) is 2. The third kappa shape index (κ3) is 5.51. The van der Waals surface area contributed by atoms with Crippen molar-refractivity contribution < 1.29 is 9.53 Å². The number of amides is 1. The number of methoxy groups -OCH3 is 1. The van der Waals surface area contributed by atoms with Crippen LogP contribution in [0.1, 0.15) is 5.56 Å². The molecule has 1 rings (SSSR count). The van der Waals surface area contributed by atoms with E-state index in [1.54, 1.807) is 0 Å². The van der Waals surface area contributed by atoms with E-state index in [0.29, 0.717) is 11.6 Å². The number of ether oxygens (including phenoxy) is 1. The zero-order valence-electron chi connectivity index (χ0n) is 9.33. The number of hydrogen-bond acceptors (Lipinski definition) is 3. The molecule has 0 saturated heterocycles. The highest BCUT2D eigenvalue weighted by Crippen LogP contribution is 2.09. The average Bonchev–Trinajstić information content (AvgIpc) is 2.31. The summed E-state index contributed by atoms with van der Waals surface area (Å²) in [4.78, 5) is 10.8. The minimum absolute atomic E-state index is 0.255. The Labute approximate surface area is 110 Å². The van der Waals surface area contributed by atoms with E-state index in [1.165, 1.54) is 7.11 Å². The van der Waals surface area contributed by atoms with Crippen molar-refractivity contribution in [3.8, 4) is 0 Å². The van der Waals surface area contributed by atoms with Gasteiger partial charge in [0.05, 0.1) is 7.11 Å². The molecule has 0 unspecified atom stereocenters. The number of thiocarbonyl (C=S) groups is 1. The molecule has 0 heterocycles. The van der Waals surface area contributed by atoms with Gasteiger partial charge in [0.15, 0.2) is 5.11 Å². The summed E-state index contributed by atoms with van der Waals surface area (Å²) in [6.07, 6.45) is 0.217. The molecule has 0 aromatic heterocycles. The molecule has 0 spiro atoms. The second-order valence-electron chi connectivity index (χ2n) is 3.25. The Balaban J connectivity index is 2.26. The zero-order valence-corrected chi connectivity index (χ0v) is 10.9. The third-order valence-corrected chi connectivity index (χ3v) is 2.51. The first-order chi connectivity index (χ1) is 8.11. The highest BCUT2D eigenvalue weighted by atomic mass is 35.5. The third-order valence-electron chi connectivity index (χ3n) is 2.01. The van der Waals surface area contributed by atoms with Crippen molar-refractivity contribution in [2.24, 2.45) is 0 Å². The van der Waals surface area contributed by atoms with Crippen molar-refractivity contribution in [2.75, 3.05) is 13.7 Å². The fourth-order valence-electron chi connectivity index (χ4n) is 1.16. The molecule has 92 valence electrons. The van der Waals surface area contributed by atoms with E-state index in [-0.39, 0.29) is 5.11 Å². The molecule has 0 saturated carbocycles. The van der Waals surface area contributed by atoms with E-state index in [9.17, 15) is 4.79 Å². The maximum absolute atomic E-state index is 10.8. The summed E-state index contributed by atoms with van der Waals surface area (Å²) in [6.45, 7) is 0.629. The van der Waals surface area contributed by atoms with Gasteiger partial charge in [0, 0.05) is 11.6 Å². The predicted molar refractivity (Wildman–Crippen MR) is 71.3 cm³/mol. The Kier molecular flexibility index (Phi) is 5.72. The van der Waals surface area contributed by atoms with E-state index in [1.807, 2.05) is 24.3 Å². The normalized spacial score (nSPS) is 9.53. The summed E-state index contributed by atoms with van der Waals surface area (Å²) in [7, 11) is 1.28. The van der Waals surface area contributed by atoms with Crippen LogP contribution in [0.3, 0.4) is 0 Å². The van der Waals surface area contributed by atoms with Crippen LogP contribution < -0.4 is 10.6 Å². The van der Waals surface area contributed by atoms with Crippen LogP contribution in [0, 0.1) is 0 Å². The van der Waals surface area contributed by atoms with E-state index in [2.05, 4.69) is 15.4 Å². The predicted octanol–water partition coefficient (Wildman–Crippen LogP) is 2.11. The molecule has 17 heavy (non-hydrogen) atoms. The van der Waals surface area contributed by atoms with E-state index in [4.69, 9.17) is 23.8 Å². The van der Waals surface area contributed by atoms with Crippen LogP contribution in [0.15, 0.2) is 24.3 Å². The number of carbonyl (C=O) groups is 1. The number of benzene rings is 1. The number of rotatable bonds is 3. The maximum atomic E-state index is 10.8. The average molecular weight is 273 g/mol.